The molecule has 0 radical (unpaired) electrons. The smallest absolute Gasteiger partial charge is 0.142 e. The molecule has 0 saturated carbocycles. The molecule has 0 unspecified atom stereocenters. The van der Waals surface area contributed by atoms with Gasteiger partial charge in [0.25, 0.3) is 0 Å². The van der Waals surface area contributed by atoms with Crippen LogP contribution in [0.3, 0.4) is 0 Å². The summed E-state index contributed by atoms with van der Waals surface area (Å²) in [4.78, 5) is 0. The Balaban J connectivity index is 1.43. The Labute approximate surface area is 190 Å². The molecule has 4 aromatic carbocycles. The average molecular weight is 465 g/mol. The van der Waals surface area contributed by atoms with E-state index in [1.165, 1.54) is 27.8 Å². The molecule has 0 spiro atoms. The highest BCUT2D eigenvalue weighted by Gasteiger charge is 2.35. The van der Waals surface area contributed by atoms with E-state index in [1.54, 1.807) is 0 Å². The fourth-order valence-electron chi connectivity index (χ4n) is 4.92. The third kappa shape index (κ3) is 2.82. The summed E-state index contributed by atoms with van der Waals surface area (Å²) in [7, 11) is 0. The van der Waals surface area contributed by atoms with E-state index >= 15 is 0 Å². The molecule has 0 fully saturated rings. The predicted molar refractivity (Wildman–Crippen MR) is 134 cm³/mol. The molecule has 150 valence electrons. The van der Waals surface area contributed by atoms with Gasteiger partial charge in [0.1, 0.15) is 11.2 Å². The summed E-state index contributed by atoms with van der Waals surface area (Å²) in [6.07, 6.45) is 4.36. The topological polar surface area (TPSA) is 13.1 Å². The van der Waals surface area contributed by atoms with E-state index in [1.807, 2.05) is 12.1 Å². The van der Waals surface area contributed by atoms with Crippen molar-refractivity contribution in [1.29, 1.82) is 0 Å². The van der Waals surface area contributed by atoms with Crippen molar-refractivity contribution in [2.45, 2.75) is 19.3 Å². The van der Waals surface area contributed by atoms with Gasteiger partial charge < -0.3 is 4.42 Å². The molecular weight excluding hydrogens is 444 g/mol. The van der Waals surface area contributed by atoms with E-state index in [4.69, 9.17) is 4.42 Å². The van der Waals surface area contributed by atoms with Crippen molar-refractivity contribution in [2.24, 2.45) is 0 Å². The summed E-state index contributed by atoms with van der Waals surface area (Å²) in [6, 6.07) is 28.0. The van der Waals surface area contributed by atoms with Crippen molar-refractivity contribution < 1.29 is 4.42 Å². The lowest BCUT2D eigenvalue weighted by atomic mass is 9.82. The Morgan fingerprint density at radius 1 is 0.742 bits per heavy atom. The highest BCUT2D eigenvalue weighted by atomic mass is 79.9. The monoisotopic (exact) mass is 464 g/mol. The fourth-order valence-corrected chi connectivity index (χ4v) is 5.28. The van der Waals surface area contributed by atoms with E-state index in [0.29, 0.717) is 0 Å². The number of fused-ring (bicyclic) bond motifs is 6. The first kappa shape index (κ1) is 18.7. The van der Waals surface area contributed by atoms with Gasteiger partial charge in [0.05, 0.1) is 0 Å². The van der Waals surface area contributed by atoms with Crippen LogP contribution in [-0.2, 0) is 5.41 Å². The Hall–Kier alpha value is -3.10. The molecule has 1 aliphatic rings. The van der Waals surface area contributed by atoms with Gasteiger partial charge in [0.15, 0.2) is 0 Å². The first-order chi connectivity index (χ1) is 15.0. The number of furan rings is 1. The van der Waals surface area contributed by atoms with Crippen molar-refractivity contribution in [3.8, 4) is 11.1 Å². The maximum absolute atomic E-state index is 6.18. The van der Waals surface area contributed by atoms with Gasteiger partial charge >= 0.3 is 0 Å². The maximum atomic E-state index is 6.18. The van der Waals surface area contributed by atoms with Gasteiger partial charge in [-0.2, -0.15) is 0 Å². The largest absolute Gasteiger partial charge is 0.455 e. The van der Waals surface area contributed by atoms with E-state index in [9.17, 15) is 0 Å². The van der Waals surface area contributed by atoms with Crippen LogP contribution in [0.1, 0.15) is 36.1 Å². The van der Waals surface area contributed by atoms with Crippen molar-refractivity contribution >= 4 is 50.0 Å². The van der Waals surface area contributed by atoms with Crippen molar-refractivity contribution in [3.63, 3.8) is 0 Å². The lowest BCUT2D eigenvalue weighted by molar-refractivity contribution is 0.660. The van der Waals surface area contributed by atoms with Crippen LogP contribution in [-0.4, -0.2) is 0 Å². The predicted octanol–water partition coefficient (Wildman–Crippen LogP) is 8.83. The third-order valence-corrected chi connectivity index (χ3v) is 7.05. The van der Waals surface area contributed by atoms with Gasteiger partial charge in [-0.15, -0.1) is 0 Å². The SMILES string of the molecule is CC1(C)c2cc(Br)ccc2-c2ccc(C=Cc3cccc4c3oc3ccccc34)cc21. The van der Waals surface area contributed by atoms with Gasteiger partial charge in [-0.3, -0.25) is 0 Å². The van der Waals surface area contributed by atoms with Crippen LogP contribution in [0.25, 0.3) is 45.2 Å². The number of rotatable bonds is 2. The summed E-state index contributed by atoms with van der Waals surface area (Å²) < 4.78 is 7.31. The number of benzene rings is 4. The van der Waals surface area contributed by atoms with Gasteiger partial charge in [0.2, 0.25) is 0 Å². The Bertz CT molecular complexity index is 1520. The van der Waals surface area contributed by atoms with E-state index in [-0.39, 0.29) is 5.41 Å². The van der Waals surface area contributed by atoms with Gasteiger partial charge in [-0.25, -0.2) is 0 Å². The summed E-state index contributed by atoms with van der Waals surface area (Å²) in [5, 5.41) is 2.32. The van der Waals surface area contributed by atoms with Crippen LogP contribution in [0.15, 0.2) is 87.8 Å². The van der Waals surface area contributed by atoms with Crippen molar-refractivity contribution in [2.75, 3.05) is 0 Å². The zero-order valence-corrected chi connectivity index (χ0v) is 19.0. The fraction of sp³-hybridized carbons (Fsp3) is 0.103. The molecule has 1 aliphatic carbocycles. The summed E-state index contributed by atoms with van der Waals surface area (Å²) in [5.74, 6) is 0. The molecule has 6 rings (SSSR count). The standard InChI is InChI=1S/C29H21BrO/c1-29(2)25-16-18(11-14-21(25)22-15-13-20(30)17-26(22)29)10-12-19-6-5-8-24-23-7-3-4-9-27(23)31-28(19)24/h3-17H,1-2H3. The molecule has 0 bridgehead atoms. The van der Waals surface area contributed by atoms with Crippen molar-refractivity contribution in [3.05, 3.63) is 106 Å². The minimum absolute atomic E-state index is 0.0168. The molecule has 0 saturated heterocycles. The number of hydrogen-bond donors (Lipinski definition) is 0. The quantitative estimate of drug-likeness (QED) is 0.237. The molecule has 0 atom stereocenters. The second-order valence-corrected chi connectivity index (χ2v) is 9.69. The van der Waals surface area contributed by atoms with E-state index in [0.717, 1.165) is 32.0 Å². The van der Waals surface area contributed by atoms with Crippen LogP contribution in [0, 0.1) is 0 Å². The molecule has 1 nitrogen and oxygen atoms in total. The second kappa shape index (κ2) is 6.70. The zero-order chi connectivity index (χ0) is 21.2. The number of halogens is 1. The molecule has 0 amide bonds. The van der Waals surface area contributed by atoms with Gasteiger partial charge in [0, 0.05) is 26.2 Å². The third-order valence-electron chi connectivity index (χ3n) is 6.55. The molecule has 5 aromatic rings. The van der Waals surface area contributed by atoms with Gasteiger partial charge in [-0.05, 0) is 46.0 Å². The Morgan fingerprint density at radius 2 is 1.48 bits per heavy atom. The van der Waals surface area contributed by atoms with Crippen LogP contribution in [0.5, 0.6) is 0 Å². The van der Waals surface area contributed by atoms with Crippen LogP contribution in [0.2, 0.25) is 0 Å². The zero-order valence-electron chi connectivity index (χ0n) is 17.4. The van der Waals surface area contributed by atoms with E-state index in [2.05, 4.69) is 109 Å². The highest BCUT2D eigenvalue weighted by Crippen LogP contribution is 2.49. The number of para-hydroxylation sites is 2. The minimum atomic E-state index is -0.0168. The average Bonchev–Trinajstić information content (AvgIpc) is 3.26. The molecule has 0 N–H and O–H groups in total. The first-order valence-electron chi connectivity index (χ1n) is 10.6. The normalized spacial score (nSPS) is 14.4. The summed E-state index contributed by atoms with van der Waals surface area (Å²) in [5.41, 5.74) is 9.59. The molecule has 2 heteroatoms. The minimum Gasteiger partial charge on any atom is -0.455 e. The molecule has 31 heavy (non-hydrogen) atoms. The molecule has 1 heterocycles. The first-order valence-corrected chi connectivity index (χ1v) is 11.3. The molecule has 0 aliphatic heterocycles. The Kier molecular flexibility index (Phi) is 4.03. The summed E-state index contributed by atoms with van der Waals surface area (Å²) in [6.45, 7) is 4.62. The van der Waals surface area contributed by atoms with E-state index < -0.39 is 0 Å². The lowest BCUT2D eigenvalue weighted by Crippen LogP contribution is -2.15. The Morgan fingerprint density at radius 3 is 2.35 bits per heavy atom. The maximum Gasteiger partial charge on any atom is 0.142 e. The molecular formula is C29H21BrO. The van der Waals surface area contributed by atoms with Crippen LogP contribution < -0.4 is 0 Å². The second-order valence-electron chi connectivity index (χ2n) is 8.78. The lowest BCUT2D eigenvalue weighted by Gasteiger charge is -2.21. The molecule has 1 aromatic heterocycles. The van der Waals surface area contributed by atoms with Crippen molar-refractivity contribution in [1.82, 2.24) is 0 Å². The van der Waals surface area contributed by atoms with Crippen LogP contribution in [0.4, 0.5) is 0 Å². The van der Waals surface area contributed by atoms with Gasteiger partial charge in [-0.1, -0.05) is 103 Å². The van der Waals surface area contributed by atoms with Crippen LogP contribution >= 0.6 is 15.9 Å². The number of hydrogen-bond acceptors (Lipinski definition) is 1. The summed E-state index contributed by atoms with van der Waals surface area (Å²) >= 11 is 3.64. The highest BCUT2D eigenvalue weighted by molar-refractivity contribution is 9.10.